The minimum absolute atomic E-state index is 0. The van der Waals surface area contributed by atoms with Crippen molar-refractivity contribution in [2.75, 3.05) is 0 Å². The van der Waals surface area contributed by atoms with Gasteiger partial charge in [0.25, 0.3) is 0 Å². The van der Waals surface area contributed by atoms with Gasteiger partial charge in [0.2, 0.25) is 0 Å². The van der Waals surface area contributed by atoms with Crippen LogP contribution in [-0.4, -0.2) is 0 Å². The fourth-order valence-corrected chi connectivity index (χ4v) is 4.70. The summed E-state index contributed by atoms with van der Waals surface area (Å²) < 4.78 is 0. The molecule has 0 radical (unpaired) electrons. The SMILES string of the molecule is C.CCCC(C)(C)C.CCCCC(C)(C)C.CCCCCC(C)(C)C.CCCCCCC(C)(C)C.CCCCCCCC(C)(C)C. The van der Waals surface area contributed by atoms with Gasteiger partial charge in [-0.1, -0.05) is 242 Å². The first-order valence-corrected chi connectivity index (χ1v) is 20.3. The highest BCUT2D eigenvalue weighted by Crippen LogP contribution is 2.24. The van der Waals surface area contributed by atoms with E-state index in [0.29, 0.717) is 27.1 Å². The second kappa shape index (κ2) is 34.8. The summed E-state index contributed by atoms with van der Waals surface area (Å²) in [7, 11) is 0. The predicted molar refractivity (Wildman–Crippen MR) is 225 cm³/mol. The molecule has 0 aliphatic heterocycles. The van der Waals surface area contributed by atoms with Gasteiger partial charge in [-0.25, -0.2) is 0 Å². The van der Waals surface area contributed by atoms with Crippen LogP contribution in [0.5, 0.6) is 0 Å². The number of rotatable bonds is 15. The van der Waals surface area contributed by atoms with Crippen LogP contribution in [0.2, 0.25) is 0 Å². The Kier molecular flexibility index (Phi) is 44.1. The van der Waals surface area contributed by atoms with E-state index in [1.165, 1.54) is 128 Å². The summed E-state index contributed by atoms with van der Waals surface area (Å²) in [4.78, 5) is 0. The van der Waals surface area contributed by atoms with Crippen molar-refractivity contribution in [3.05, 3.63) is 0 Å². The molecule has 0 atom stereocenters. The fraction of sp³-hybridized carbons (Fsp3) is 1.00. The molecule has 288 valence electrons. The topological polar surface area (TPSA) is 0 Å². The van der Waals surface area contributed by atoms with Crippen LogP contribution in [0.25, 0.3) is 0 Å². The Labute approximate surface area is 300 Å². The Morgan fingerprint density at radius 1 is 0.217 bits per heavy atom. The van der Waals surface area contributed by atoms with Crippen LogP contribution in [0.3, 0.4) is 0 Å². The minimum Gasteiger partial charge on any atom is -0.0776 e. The number of hydrogen-bond donors (Lipinski definition) is 0. The first kappa shape index (κ1) is 58.2. The molecule has 0 fully saturated rings. The Bertz CT molecular complexity index is 517. The van der Waals surface area contributed by atoms with Gasteiger partial charge >= 0.3 is 0 Å². The highest BCUT2D eigenvalue weighted by Gasteiger charge is 2.10. The first-order valence-electron chi connectivity index (χ1n) is 20.3. The van der Waals surface area contributed by atoms with Crippen molar-refractivity contribution in [2.45, 2.75) is 274 Å². The van der Waals surface area contributed by atoms with Gasteiger partial charge in [-0.3, -0.25) is 0 Å². The summed E-state index contributed by atoms with van der Waals surface area (Å²) >= 11 is 0. The monoisotopic (exact) mass is 657 g/mol. The van der Waals surface area contributed by atoms with Crippen LogP contribution in [0.1, 0.15) is 274 Å². The standard InChI is InChI=1S/C11H24.C10H22.C9H20.C8H18.C7H16.CH4/c1-5-6-7-8-9-10-11(2,3)4;1-5-6-7-8-9-10(2,3)4;1-5-6-7-8-9(2,3)4;1-5-6-7-8(2,3)4;1-5-6-7(2,3)4;/h5-10H2,1-4H3;5-9H2,1-4H3;5-8H2,1-4H3;5-7H2,1-4H3;5-6H2,1-4H3;1H4. The van der Waals surface area contributed by atoms with E-state index < -0.39 is 0 Å². The van der Waals surface area contributed by atoms with Gasteiger partial charge in [0.05, 0.1) is 0 Å². The molecule has 0 aromatic heterocycles. The van der Waals surface area contributed by atoms with Crippen molar-refractivity contribution < 1.29 is 0 Å². The lowest BCUT2D eigenvalue weighted by Crippen LogP contribution is -2.03. The Morgan fingerprint density at radius 2 is 0.413 bits per heavy atom. The summed E-state index contributed by atoms with van der Waals surface area (Å²) in [5, 5.41) is 0. The van der Waals surface area contributed by atoms with Crippen LogP contribution in [0.15, 0.2) is 0 Å². The molecule has 0 aromatic rings. The van der Waals surface area contributed by atoms with Gasteiger partial charge in [-0.2, -0.15) is 0 Å². The third-order valence-electron chi connectivity index (χ3n) is 7.62. The maximum atomic E-state index is 2.33. The largest absolute Gasteiger partial charge is 0.0776 e. The molecule has 0 nitrogen and oxygen atoms in total. The molecule has 0 saturated heterocycles. The highest BCUT2D eigenvalue weighted by molar-refractivity contribution is 4.62. The number of hydrogen-bond acceptors (Lipinski definition) is 0. The van der Waals surface area contributed by atoms with E-state index in [9.17, 15) is 0 Å². The van der Waals surface area contributed by atoms with Crippen LogP contribution in [0.4, 0.5) is 0 Å². The smallest absolute Gasteiger partial charge is 0.0383 e. The molecular weight excluding hydrogens is 553 g/mol. The quantitative estimate of drug-likeness (QED) is 0.154. The minimum atomic E-state index is 0. The normalized spacial score (nSPS) is 11.7. The Hall–Kier alpha value is 0. The lowest BCUT2D eigenvalue weighted by atomic mass is 9.89. The van der Waals surface area contributed by atoms with E-state index >= 15 is 0 Å². The van der Waals surface area contributed by atoms with E-state index in [1.54, 1.807) is 0 Å². The molecule has 0 N–H and O–H groups in total. The second-order valence-electron chi connectivity index (χ2n) is 20.1. The molecular formula is C46H104. The average molecular weight is 657 g/mol. The third-order valence-corrected chi connectivity index (χ3v) is 7.62. The Morgan fingerprint density at radius 3 is 0.609 bits per heavy atom. The molecule has 0 heterocycles. The highest BCUT2D eigenvalue weighted by atomic mass is 14.2. The summed E-state index contributed by atoms with van der Waals surface area (Å²) in [6.07, 6.45) is 27.7. The molecule has 46 heavy (non-hydrogen) atoms. The molecule has 0 aliphatic carbocycles. The molecule has 0 aliphatic rings. The third kappa shape index (κ3) is 90.4. The molecule has 0 amide bonds. The molecule has 0 unspecified atom stereocenters. The van der Waals surface area contributed by atoms with Gasteiger partial charge in [0.15, 0.2) is 0 Å². The van der Waals surface area contributed by atoms with E-state index in [4.69, 9.17) is 0 Å². The molecule has 0 bridgehead atoms. The van der Waals surface area contributed by atoms with Crippen LogP contribution >= 0.6 is 0 Å². The van der Waals surface area contributed by atoms with Gasteiger partial charge in [-0.05, 0) is 59.2 Å². The summed E-state index contributed by atoms with van der Waals surface area (Å²) in [5.41, 5.74) is 2.75. The van der Waals surface area contributed by atoms with Crippen molar-refractivity contribution in [1.82, 2.24) is 0 Å². The zero-order valence-electron chi connectivity index (χ0n) is 36.6. The van der Waals surface area contributed by atoms with Crippen LogP contribution < -0.4 is 0 Å². The van der Waals surface area contributed by atoms with Crippen LogP contribution in [0, 0.1) is 27.1 Å². The van der Waals surface area contributed by atoms with E-state index in [1.807, 2.05) is 0 Å². The number of unbranched alkanes of at least 4 members (excludes halogenated alkanes) is 10. The zero-order chi connectivity index (χ0) is 36.6. The molecule has 0 saturated carbocycles. The summed E-state index contributed by atoms with van der Waals surface area (Å²) in [5.74, 6) is 0. The second-order valence-corrected chi connectivity index (χ2v) is 20.1. The summed E-state index contributed by atoms with van der Waals surface area (Å²) in [6.45, 7) is 45.8. The fourth-order valence-electron chi connectivity index (χ4n) is 4.70. The van der Waals surface area contributed by atoms with Gasteiger partial charge < -0.3 is 0 Å². The summed E-state index contributed by atoms with van der Waals surface area (Å²) in [6, 6.07) is 0. The molecule has 0 rings (SSSR count). The lowest BCUT2D eigenvalue weighted by molar-refractivity contribution is 0.357. The van der Waals surface area contributed by atoms with Crippen LogP contribution in [-0.2, 0) is 0 Å². The first-order chi connectivity index (χ1) is 20.3. The molecule has 0 spiro atoms. The zero-order valence-corrected chi connectivity index (χ0v) is 36.6. The van der Waals surface area contributed by atoms with E-state index in [-0.39, 0.29) is 7.43 Å². The van der Waals surface area contributed by atoms with Gasteiger partial charge in [0.1, 0.15) is 0 Å². The maximum absolute atomic E-state index is 2.33. The van der Waals surface area contributed by atoms with Gasteiger partial charge in [0, 0.05) is 0 Å². The van der Waals surface area contributed by atoms with Gasteiger partial charge in [-0.15, -0.1) is 0 Å². The molecule has 0 aromatic carbocycles. The Balaban J connectivity index is -0.000000109. The predicted octanol–water partition coefficient (Wildman–Crippen LogP) is 18.7. The van der Waals surface area contributed by atoms with Crippen molar-refractivity contribution in [3.63, 3.8) is 0 Å². The van der Waals surface area contributed by atoms with Crippen molar-refractivity contribution in [3.8, 4) is 0 Å². The average Bonchev–Trinajstić information content (AvgIpc) is 2.84. The maximum Gasteiger partial charge on any atom is -0.0383 e. The molecule has 0 heteroatoms. The van der Waals surface area contributed by atoms with Crippen molar-refractivity contribution in [2.24, 2.45) is 27.1 Å². The van der Waals surface area contributed by atoms with Crippen molar-refractivity contribution in [1.29, 1.82) is 0 Å². The van der Waals surface area contributed by atoms with E-state index in [2.05, 4.69) is 138 Å². The lowest BCUT2D eigenvalue weighted by Gasteiger charge is -2.17. The van der Waals surface area contributed by atoms with E-state index in [0.717, 1.165) is 0 Å². The van der Waals surface area contributed by atoms with Crippen molar-refractivity contribution >= 4 is 0 Å².